The van der Waals surface area contributed by atoms with Gasteiger partial charge in [-0.1, -0.05) is 17.7 Å². The smallest absolute Gasteiger partial charge is 0.266 e. The van der Waals surface area contributed by atoms with Gasteiger partial charge in [-0.25, -0.2) is 4.99 Å². The van der Waals surface area contributed by atoms with Gasteiger partial charge in [-0.05, 0) is 55.3 Å². The summed E-state index contributed by atoms with van der Waals surface area (Å²) in [5.41, 5.74) is 0.719. The van der Waals surface area contributed by atoms with Gasteiger partial charge in [-0.15, -0.1) is 0 Å². The van der Waals surface area contributed by atoms with Gasteiger partial charge in [0, 0.05) is 37.3 Å². The van der Waals surface area contributed by atoms with E-state index in [0.717, 1.165) is 24.7 Å². The molecule has 2 fully saturated rings. The molecule has 0 radical (unpaired) electrons. The van der Waals surface area contributed by atoms with Crippen molar-refractivity contribution in [2.45, 2.75) is 19.3 Å². The summed E-state index contributed by atoms with van der Waals surface area (Å²) < 4.78 is 5.95. The molecule has 140 valence electrons. The number of hydrogen-bond acceptors (Lipinski definition) is 5. The number of furan rings is 1. The van der Waals surface area contributed by atoms with Gasteiger partial charge in [0.25, 0.3) is 5.91 Å². The number of rotatable bonds is 3. The molecule has 1 aromatic carbocycles. The van der Waals surface area contributed by atoms with E-state index in [1.165, 1.54) is 31.0 Å². The molecule has 5 nitrogen and oxygen atoms in total. The molecule has 2 saturated heterocycles. The minimum Gasteiger partial charge on any atom is -0.441 e. The van der Waals surface area contributed by atoms with Crippen molar-refractivity contribution in [2.75, 3.05) is 25.0 Å². The van der Waals surface area contributed by atoms with Crippen molar-refractivity contribution in [3.05, 3.63) is 52.1 Å². The third-order valence-corrected chi connectivity index (χ3v) is 5.89. The fraction of sp³-hybridized carbons (Fsp3) is 0.300. The van der Waals surface area contributed by atoms with Gasteiger partial charge >= 0.3 is 0 Å². The van der Waals surface area contributed by atoms with E-state index in [4.69, 9.17) is 16.0 Å². The van der Waals surface area contributed by atoms with Gasteiger partial charge in [-0.2, -0.15) is 0 Å². The van der Waals surface area contributed by atoms with Crippen molar-refractivity contribution in [1.29, 1.82) is 0 Å². The van der Waals surface area contributed by atoms with Gasteiger partial charge in [0.05, 0.1) is 10.6 Å². The summed E-state index contributed by atoms with van der Waals surface area (Å²) in [5.74, 6) is 1.47. The van der Waals surface area contributed by atoms with Crippen LogP contribution in [0, 0.1) is 0 Å². The van der Waals surface area contributed by atoms with E-state index in [1.54, 1.807) is 30.2 Å². The number of hydrogen-bond donors (Lipinski definition) is 0. The maximum atomic E-state index is 12.6. The first-order chi connectivity index (χ1) is 13.1. The molecule has 0 atom stereocenters. The largest absolute Gasteiger partial charge is 0.441 e. The summed E-state index contributed by atoms with van der Waals surface area (Å²) in [5, 5.41) is 1.24. The molecule has 0 spiro atoms. The van der Waals surface area contributed by atoms with E-state index in [0.29, 0.717) is 20.9 Å². The molecule has 0 bridgehead atoms. The van der Waals surface area contributed by atoms with E-state index < -0.39 is 0 Å². The Bertz CT molecular complexity index is 915. The first kappa shape index (κ1) is 18.2. The first-order valence-electron chi connectivity index (χ1n) is 8.97. The molecule has 7 heteroatoms. The van der Waals surface area contributed by atoms with Crippen LogP contribution >= 0.6 is 23.4 Å². The highest BCUT2D eigenvalue weighted by Crippen LogP contribution is 2.34. The Hall–Kier alpha value is -2.18. The molecule has 2 aliphatic rings. The Labute approximate surface area is 167 Å². The number of aliphatic imine (C=N–C) groups is 1. The van der Waals surface area contributed by atoms with Crippen LogP contribution in [0.3, 0.4) is 0 Å². The van der Waals surface area contributed by atoms with Crippen LogP contribution in [-0.2, 0) is 4.79 Å². The zero-order valence-corrected chi connectivity index (χ0v) is 16.6. The standard InChI is InChI=1S/C20H20ClN3O2S/c1-23-19(25)17(27-20(23)22-15-7-5-6-14(21)12-15)13-16-8-9-18(26-16)24-10-3-2-4-11-24/h5-9,12-13H,2-4,10-11H2,1H3/b17-13+,22-20?. The number of likely N-dealkylation sites (N-methyl/N-ethyl adjacent to an activating group) is 1. The third-order valence-electron chi connectivity index (χ3n) is 4.59. The van der Waals surface area contributed by atoms with Crippen molar-refractivity contribution < 1.29 is 9.21 Å². The highest BCUT2D eigenvalue weighted by Gasteiger charge is 2.30. The number of thioether (sulfide) groups is 1. The SMILES string of the molecule is CN1C(=O)/C(=C\c2ccc(N3CCCCC3)o2)SC1=Nc1cccc(Cl)c1. The van der Waals surface area contributed by atoms with E-state index in [9.17, 15) is 4.79 Å². The summed E-state index contributed by atoms with van der Waals surface area (Å²) >= 11 is 7.35. The van der Waals surface area contributed by atoms with E-state index in [-0.39, 0.29) is 5.91 Å². The minimum absolute atomic E-state index is 0.0864. The second-order valence-electron chi connectivity index (χ2n) is 6.57. The zero-order valence-electron chi connectivity index (χ0n) is 15.0. The van der Waals surface area contributed by atoms with Gasteiger partial charge in [0.15, 0.2) is 11.1 Å². The lowest BCUT2D eigenvalue weighted by Gasteiger charge is -2.25. The highest BCUT2D eigenvalue weighted by atomic mass is 35.5. The molecular formula is C20H20ClN3O2S. The van der Waals surface area contributed by atoms with Crippen LogP contribution in [-0.4, -0.2) is 36.1 Å². The van der Waals surface area contributed by atoms with E-state index >= 15 is 0 Å². The second-order valence-corrected chi connectivity index (χ2v) is 8.02. The molecule has 4 rings (SSSR count). The minimum atomic E-state index is -0.0864. The second kappa shape index (κ2) is 7.82. The molecule has 0 saturated carbocycles. The lowest BCUT2D eigenvalue weighted by Crippen LogP contribution is -2.28. The fourth-order valence-corrected chi connectivity index (χ4v) is 4.29. The Kier molecular flexibility index (Phi) is 5.27. The van der Waals surface area contributed by atoms with Gasteiger partial charge in [-0.3, -0.25) is 9.69 Å². The lowest BCUT2D eigenvalue weighted by molar-refractivity contribution is -0.121. The number of amidine groups is 1. The van der Waals surface area contributed by atoms with Crippen molar-refractivity contribution >= 4 is 52.1 Å². The van der Waals surface area contributed by atoms with E-state index in [2.05, 4.69) is 9.89 Å². The lowest BCUT2D eigenvalue weighted by atomic mass is 10.1. The maximum Gasteiger partial charge on any atom is 0.266 e. The predicted octanol–water partition coefficient (Wildman–Crippen LogP) is 5.16. The van der Waals surface area contributed by atoms with Crippen molar-refractivity contribution in [3.8, 4) is 0 Å². The number of nitrogens with zero attached hydrogens (tertiary/aromatic N) is 3. The molecule has 0 N–H and O–H groups in total. The Morgan fingerprint density at radius 1 is 1.19 bits per heavy atom. The van der Waals surface area contributed by atoms with Gasteiger partial charge in [0.2, 0.25) is 0 Å². The first-order valence-corrected chi connectivity index (χ1v) is 10.2. The molecule has 27 heavy (non-hydrogen) atoms. The fourth-order valence-electron chi connectivity index (χ4n) is 3.14. The summed E-state index contributed by atoms with van der Waals surface area (Å²) in [7, 11) is 1.72. The van der Waals surface area contributed by atoms with Crippen LogP contribution in [0.25, 0.3) is 6.08 Å². The molecule has 2 aliphatic heterocycles. The maximum absolute atomic E-state index is 12.6. The van der Waals surface area contributed by atoms with Crippen LogP contribution in [0.15, 0.2) is 50.7 Å². The average molecular weight is 402 g/mol. The third kappa shape index (κ3) is 4.06. The molecule has 3 heterocycles. The number of piperidine rings is 1. The van der Waals surface area contributed by atoms with E-state index in [1.807, 2.05) is 24.3 Å². The summed E-state index contributed by atoms with van der Waals surface area (Å²) in [6.45, 7) is 2.05. The van der Waals surface area contributed by atoms with Crippen LogP contribution in [0.2, 0.25) is 5.02 Å². The monoisotopic (exact) mass is 401 g/mol. The van der Waals surface area contributed by atoms with Crippen LogP contribution < -0.4 is 4.90 Å². The quantitative estimate of drug-likeness (QED) is 0.667. The number of anilines is 1. The summed E-state index contributed by atoms with van der Waals surface area (Å²) in [4.78, 5) is 21.5. The van der Waals surface area contributed by atoms with Crippen molar-refractivity contribution in [3.63, 3.8) is 0 Å². The van der Waals surface area contributed by atoms with Gasteiger partial charge in [0.1, 0.15) is 5.76 Å². The van der Waals surface area contributed by atoms with Crippen LogP contribution in [0.1, 0.15) is 25.0 Å². The van der Waals surface area contributed by atoms with Crippen molar-refractivity contribution in [1.82, 2.24) is 4.90 Å². The highest BCUT2D eigenvalue weighted by molar-refractivity contribution is 8.18. The summed E-state index contributed by atoms with van der Waals surface area (Å²) in [6, 6.07) is 11.2. The Morgan fingerprint density at radius 3 is 2.78 bits per heavy atom. The Balaban J connectivity index is 1.54. The molecule has 0 unspecified atom stereocenters. The number of benzene rings is 1. The predicted molar refractivity (Wildman–Crippen MR) is 112 cm³/mol. The van der Waals surface area contributed by atoms with Crippen LogP contribution in [0.5, 0.6) is 0 Å². The Morgan fingerprint density at radius 2 is 2.00 bits per heavy atom. The number of amides is 1. The molecule has 0 aliphatic carbocycles. The topological polar surface area (TPSA) is 49.1 Å². The number of carbonyl (C=O) groups excluding carboxylic acids is 1. The average Bonchev–Trinajstić information content (AvgIpc) is 3.24. The van der Waals surface area contributed by atoms with Crippen molar-refractivity contribution in [2.24, 2.45) is 4.99 Å². The zero-order chi connectivity index (χ0) is 18.8. The van der Waals surface area contributed by atoms with Crippen LogP contribution in [0.4, 0.5) is 11.6 Å². The summed E-state index contributed by atoms with van der Waals surface area (Å²) in [6.07, 6.45) is 5.46. The molecule has 1 aromatic heterocycles. The molecular weight excluding hydrogens is 382 g/mol. The number of carbonyl (C=O) groups is 1. The molecule has 1 amide bonds. The van der Waals surface area contributed by atoms with Gasteiger partial charge < -0.3 is 9.32 Å². The normalized spacial score (nSPS) is 20.9. The molecule has 2 aromatic rings. The number of halogens is 1.